The molecule has 0 saturated heterocycles. The fourth-order valence-electron chi connectivity index (χ4n) is 1.48. The van der Waals surface area contributed by atoms with Crippen LogP contribution in [0.15, 0.2) is 53.6 Å². The van der Waals surface area contributed by atoms with Gasteiger partial charge in [-0.05, 0) is 30.7 Å². The molecule has 3 heteroatoms. The molecule has 0 unspecified atom stereocenters. The summed E-state index contributed by atoms with van der Waals surface area (Å²) in [4.78, 5) is 5.65. The van der Waals surface area contributed by atoms with Crippen LogP contribution in [0.3, 0.4) is 0 Å². The molecule has 1 N–H and O–H groups in total. The third kappa shape index (κ3) is 3.79. The summed E-state index contributed by atoms with van der Waals surface area (Å²) < 4.78 is 0. The van der Waals surface area contributed by atoms with Crippen molar-refractivity contribution in [3.63, 3.8) is 0 Å². The summed E-state index contributed by atoms with van der Waals surface area (Å²) in [7, 11) is 0. The molecule has 1 aromatic heterocycles. The van der Waals surface area contributed by atoms with E-state index in [1.54, 1.807) is 0 Å². The van der Waals surface area contributed by atoms with Crippen LogP contribution in [0.4, 0.5) is 5.82 Å². The van der Waals surface area contributed by atoms with Crippen molar-refractivity contribution in [1.29, 1.82) is 0 Å². The molecule has 1 aromatic carbocycles. The molecule has 2 rings (SSSR count). The van der Waals surface area contributed by atoms with Crippen molar-refractivity contribution in [2.24, 2.45) is 0 Å². The van der Waals surface area contributed by atoms with Gasteiger partial charge in [0.15, 0.2) is 0 Å². The van der Waals surface area contributed by atoms with Crippen molar-refractivity contribution < 1.29 is 0 Å². The van der Waals surface area contributed by atoms with E-state index in [1.165, 1.54) is 10.5 Å². The van der Waals surface area contributed by atoms with Gasteiger partial charge in [-0.25, -0.2) is 4.98 Å². The molecule has 0 radical (unpaired) electrons. The number of benzene rings is 1. The smallest absolute Gasteiger partial charge is 0.125 e. The largest absolute Gasteiger partial charge is 0.370 e. The third-order valence-electron chi connectivity index (χ3n) is 2.33. The van der Waals surface area contributed by atoms with Crippen molar-refractivity contribution in [3.8, 4) is 0 Å². The van der Waals surface area contributed by atoms with Crippen molar-refractivity contribution in [2.45, 2.75) is 17.6 Å². The van der Waals surface area contributed by atoms with E-state index < -0.39 is 0 Å². The van der Waals surface area contributed by atoms with E-state index >= 15 is 0 Å². The summed E-state index contributed by atoms with van der Waals surface area (Å²) in [5.74, 6) is 1.91. The summed E-state index contributed by atoms with van der Waals surface area (Å²) in [6.45, 7) is 2.98. The number of nitrogens with one attached hydrogen (secondary N) is 1. The molecule has 0 saturated carbocycles. The van der Waals surface area contributed by atoms with E-state index in [4.69, 9.17) is 0 Å². The number of thioether (sulfide) groups is 1. The fourth-order valence-corrected chi connectivity index (χ4v) is 2.33. The van der Waals surface area contributed by atoms with Crippen molar-refractivity contribution in [2.75, 3.05) is 11.9 Å². The molecule has 0 aliphatic rings. The predicted octanol–water partition coefficient (Wildman–Crippen LogP) is 3.81. The number of hydrogen-bond acceptors (Lipinski definition) is 3. The maximum Gasteiger partial charge on any atom is 0.125 e. The van der Waals surface area contributed by atoms with Gasteiger partial charge >= 0.3 is 0 Å². The minimum Gasteiger partial charge on any atom is -0.370 e. The molecule has 17 heavy (non-hydrogen) atoms. The van der Waals surface area contributed by atoms with Crippen LogP contribution in [-0.2, 0) is 5.75 Å². The predicted molar refractivity (Wildman–Crippen MR) is 74.4 cm³/mol. The molecule has 0 spiro atoms. The van der Waals surface area contributed by atoms with Gasteiger partial charge in [-0.1, -0.05) is 24.3 Å². The lowest BCUT2D eigenvalue weighted by atomic mass is 10.3. The van der Waals surface area contributed by atoms with E-state index in [1.807, 2.05) is 30.1 Å². The Bertz CT molecular complexity index is 440. The maximum absolute atomic E-state index is 4.36. The zero-order chi connectivity index (χ0) is 11.9. The highest BCUT2D eigenvalue weighted by atomic mass is 32.2. The molecular formula is C14H16N2S. The monoisotopic (exact) mass is 244 g/mol. The molecule has 88 valence electrons. The average molecular weight is 244 g/mol. The zero-order valence-corrected chi connectivity index (χ0v) is 10.7. The quantitative estimate of drug-likeness (QED) is 0.810. The van der Waals surface area contributed by atoms with E-state index in [0.717, 1.165) is 18.1 Å². The van der Waals surface area contributed by atoms with Gasteiger partial charge in [0.05, 0.1) is 0 Å². The number of nitrogens with zero attached hydrogens (tertiary/aromatic N) is 1. The first-order chi connectivity index (χ1) is 8.38. The Labute approximate surface area is 106 Å². The van der Waals surface area contributed by atoms with Crippen molar-refractivity contribution >= 4 is 17.6 Å². The molecule has 2 nitrogen and oxygen atoms in total. The van der Waals surface area contributed by atoms with Gasteiger partial charge in [-0.3, -0.25) is 0 Å². The second-order valence-electron chi connectivity index (χ2n) is 3.68. The maximum atomic E-state index is 4.36. The van der Waals surface area contributed by atoms with Gasteiger partial charge in [0.2, 0.25) is 0 Å². The van der Waals surface area contributed by atoms with Gasteiger partial charge in [0, 0.05) is 23.4 Å². The fraction of sp³-hybridized carbons (Fsp3) is 0.214. The Hall–Kier alpha value is -1.48. The van der Waals surface area contributed by atoms with E-state index in [-0.39, 0.29) is 0 Å². The Morgan fingerprint density at radius 1 is 1.12 bits per heavy atom. The van der Waals surface area contributed by atoms with Crippen LogP contribution in [0.2, 0.25) is 0 Å². The number of hydrogen-bond donors (Lipinski definition) is 1. The van der Waals surface area contributed by atoms with Crippen LogP contribution >= 0.6 is 11.8 Å². The number of aromatic nitrogens is 1. The third-order valence-corrected chi connectivity index (χ3v) is 3.41. The first-order valence-corrected chi connectivity index (χ1v) is 6.73. The first kappa shape index (κ1) is 12.0. The lowest BCUT2D eigenvalue weighted by Crippen LogP contribution is -1.98. The van der Waals surface area contributed by atoms with Crippen LogP contribution in [-0.4, -0.2) is 11.5 Å². The first-order valence-electron chi connectivity index (χ1n) is 5.75. The summed E-state index contributed by atoms with van der Waals surface area (Å²) in [6, 6.07) is 14.6. The average Bonchev–Trinajstić information content (AvgIpc) is 2.40. The molecule has 0 atom stereocenters. The molecular weight excluding hydrogens is 228 g/mol. The number of rotatable bonds is 5. The Morgan fingerprint density at radius 3 is 2.59 bits per heavy atom. The topological polar surface area (TPSA) is 24.9 Å². The molecule has 0 aliphatic heterocycles. The second-order valence-corrected chi connectivity index (χ2v) is 4.73. The lowest BCUT2D eigenvalue weighted by Gasteiger charge is -2.04. The number of pyridine rings is 1. The Morgan fingerprint density at radius 2 is 1.94 bits per heavy atom. The molecule has 2 aromatic rings. The van der Waals surface area contributed by atoms with Crippen LogP contribution in [0.25, 0.3) is 0 Å². The van der Waals surface area contributed by atoms with E-state index in [2.05, 4.69) is 47.6 Å². The van der Waals surface area contributed by atoms with Crippen LogP contribution in [0.5, 0.6) is 0 Å². The lowest BCUT2D eigenvalue weighted by molar-refractivity contribution is 1.14. The second kappa shape index (κ2) is 6.30. The van der Waals surface area contributed by atoms with Gasteiger partial charge < -0.3 is 5.32 Å². The van der Waals surface area contributed by atoms with Crippen LogP contribution < -0.4 is 5.32 Å². The summed E-state index contributed by atoms with van der Waals surface area (Å²) >= 11 is 1.83. The highest BCUT2D eigenvalue weighted by Crippen LogP contribution is 2.22. The number of anilines is 1. The highest BCUT2D eigenvalue weighted by Gasteiger charge is 1.97. The van der Waals surface area contributed by atoms with E-state index in [9.17, 15) is 0 Å². The van der Waals surface area contributed by atoms with Crippen LogP contribution in [0.1, 0.15) is 12.5 Å². The van der Waals surface area contributed by atoms with Gasteiger partial charge in [-0.2, -0.15) is 0 Å². The van der Waals surface area contributed by atoms with E-state index in [0.29, 0.717) is 0 Å². The van der Waals surface area contributed by atoms with Gasteiger partial charge in [0.1, 0.15) is 5.82 Å². The minimum atomic E-state index is 0.908. The Kier molecular flexibility index (Phi) is 4.45. The SMILES string of the molecule is CCNc1ccc(CSc2ccccc2)cn1. The molecule has 0 aliphatic carbocycles. The standard InChI is InChI=1S/C14H16N2S/c1-2-15-14-9-8-12(10-16-14)11-17-13-6-4-3-5-7-13/h3-10H,2,11H2,1H3,(H,15,16). The van der Waals surface area contributed by atoms with Crippen molar-refractivity contribution in [1.82, 2.24) is 4.98 Å². The normalized spacial score (nSPS) is 10.2. The minimum absolute atomic E-state index is 0.908. The molecule has 0 bridgehead atoms. The van der Waals surface area contributed by atoms with Crippen LogP contribution in [0, 0.1) is 0 Å². The zero-order valence-electron chi connectivity index (χ0n) is 9.89. The summed E-state index contributed by atoms with van der Waals surface area (Å²) in [5, 5.41) is 3.19. The van der Waals surface area contributed by atoms with Crippen molar-refractivity contribution in [3.05, 3.63) is 54.2 Å². The van der Waals surface area contributed by atoms with Gasteiger partial charge in [-0.15, -0.1) is 11.8 Å². The molecule has 1 heterocycles. The highest BCUT2D eigenvalue weighted by molar-refractivity contribution is 7.98. The molecule has 0 amide bonds. The Balaban J connectivity index is 1.91. The summed E-state index contributed by atoms with van der Waals surface area (Å²) in [6.07, 6.45) is 1.94. The van der Waals surface area contributed by atoms with Gasteiger partial charge in [0.25, 0.3) is 0 Å². The summed E-state index contributed by atoms with van der Waals surface area (Å²) in [5.41, 5.74) is 1.25. The molecule has 0 fully saturated rings.